The van der Waals surface area contributed by atoms with E-state index in [1.165, 1.54) is 0 Å². The Labute approximate surface area is 83.9 Å². The Bertz CT molecular complexity index is 297. The van der Waals surface area contributed by atoms with Crippen molar-refractivity contribution in [3.63, 3.8) is 0 Å². The molecule has 76 valence electrons. The number of pyridine rings is 1. The van der Waals surface area contributed by atoms with Gasteiger partial charge in [0.2, 0.25) is 0 Å². The maximum Gasteiger partial charge on any atom is 0.160 e. The third-order valence-electron chi connectivity index (χ3n) is 2.44. The van der Waals surface area contributed by atoms with E-state index in [4.69, 9.17) is 4.74 Å². The summed E-state index contributed by atoms with van der Waals surface area (Å²) in [6, 6.07) is 2.00. The summed E-state index contributed by atoms with van der Waals surface area (Å²) in [5.41, 5.74) is 1.14. The SMILES string of the molecule is COc1cnccc1N1CCNCC1. The lowest BCUT2D eigenvalue weighted by molar-refractivity contribution is 0.411. The van der Waals surface area contributed by atoms with Crippen LogP contribution in [0.15, 0.2) is 18.5 Å². The number of piperazine rings is 1. The third kappa shape index (κ3) is 1.80. The maximum absolute atomic E-state index is 5.27. The fourth-order valence-corrected chi connectivity index (χ4v) is 1.70. The van der Waals surface area contributed by atoms with E-state index in [-0.39, 0.29) is 0 Å². The molecule has 0 aromatic carbocycles. The van der Waals surface area contributed by atoms with E-state index < -0.39 is 0 Å². The van der Waals surface area contributed by atoms with Gasteiger partial charge in [0.05, 0.1) is 19.0 Å². The van der Waals surface area contributed by atoms with Crippen LogP contribution in [0, 0.1) is 0 Å². The van der Waals surface area contributed by atoms with Gasteiger partial charge < -0.3 is 15.0 Å². The predicted octanol–water partition coefficient (Wildman–Crippen LogP) is 0.500. The van der Waals surface area contributed by atoms with E-state index in [2.05, 4.69) is 15.2 Å². The molecule has 0 bridgehead atoms. The van der Waals surface area contributed by atoms with Crippen LogP contribution in [0.5, 0.6) is 5.75 Å². The Hall–Kier alpha value is -1.29. The van der Waals surface area contributed by atoms with E-state index in [0.29, 0.717) is 0 Å². The van der Waals surface area contributed by atoms with Crippen LogP contribution in [0.4, 0.5) is 5.69 Å². The van der Waals surface area contributed by atoms with Gasteiger partial charge in [-0.3, -0.25) is 4.98 Å². The van der Waals surface area contributed by atoms with Crippen molar-refractivity contribution in [2.75, 3.05) is 38.2 Å². The van der Waals surface area contributed by atoms with Crippen molar-refractivity contribution in [3.8, 4) is 5.75 Å². The molecule has 0 spiro atoms. The molecule has 1 N–H and O–H groups in total. The lowest BCUT2D eigenvalue weighted by Crippen LogP contribution is -2.43. The molecule has 0 unspecified atom stereocenters. The molecule has 2 rings (SSSR count). The van der Waals surface area contributed by atoms with Crippen LogP contribution in [0.2, 0.25) is 0 Å². The Morgan fingerprint density at radius 2 is 2.21 bits per heavy atom. The number of hydrogen-bond acceptors (Lipinski definition) is 4. The summed E-state index contributed by atoms with van der Waals surface area (Å²) in [7, 11) is 1.68. The lowest BCUT2D eigenvalue weighted by Gasteiger charge is -2.30. The van der Waals surface area contributed by atoms with E-state index in [0.717, 1.165) is 37.6 Å². The topological polar surface area (TPSA) is 37.4 Å². The number of aromatic nitrogens is 1. The van der Waals surface area contributed by atoms with Crippen LogP contribution in [-0.2, 0) is 0 Å². The van der Waals surface area contributed by atoms with Gasteiger partial charge in [-0.15, -0.1) is 0 Å². The predicted molar refractivity (Wildman–Crippen MR) is 55.9 cm³/mol. The highest BCUT2D eigenvalue weighted by Gasteiger charge is 2.13. The van der Waals surface area contributed by atoms with Crippen LogP contribution in [-0.4, -0.2) is 38.3 Å². The van der Waals surface area contributed by atoms with Crippen molar-refractivity contribution >= 4 is 5.69 Å². The van der Waals surface area contributed by atoms with Crippen molar-refractivity contribution in [1.82, 2.24) is 10.3 Å². The number of nitrogens with one attached hydrogen (secondary N) is 1. The average molecular weight is 193 g/mol. The zero-order valence-corrected chi connectivity index (χ0v) is 8.36. The molecular weight excluding hydrogens is 178 g/mol. The van der Waals surface area contributed by atoms with Crippen molar-refractivity contribution in [2.24, 2.45) is 0 Å². The number of hydrogen-bond donors (Lipinski definition) is 1. The van der Waals surface area contributed by atoms with Gasteiger partial charge in [0.15, 0.2) is 5.75 Å². The molecule has 1 aliphatic rings. The minimum atomic E-state index is 0.856. The van der Waals surface area contributed by atoms with Gasteiger partial charge >= 0.3 is 0 Å². The summed E-state index contributed by atoms with van der Waals surface area (Å²) < 4.78 is 5.27. The van der Waals surface area contributed by atoms with E-state index in [9.17, 15) is 0 Å². The summed E-state index contributed by atoms with van der Waals surface area (Å²) in [4.78, 5) is 6.36. The third-order valence-corrected chi connectivity index (χ3v) is 2.44. The van der Waals surface area contributed by atoms with Gasteiger partial charge in [0.25, 0.3) is 0 Å². The second-order valence-corrected chi connectivity index (χ2v) is 3.28. The van der Waals surface area contributed by atoms with E-state index >= 15 is 0 Å². The second kappa shape index (κ2) is 4.28. The molecule has 0 saturated carbocycles. The minimum Gasteiger partial charge on any atom is -0.493 e. The van der Waals surface area contributed by atoms with Crippen LogP contribution < -0.4 is 15.0 Å². The molecule has 0 aliphatic carbocycles. The minimum absolute atomic E-state index is 0.856. The molecule has 14 heavy (non-hydrogen) atoms. The average Bonchev–Trinajstić information content (AvgIpc) is 2.30. The first-order chi connectivity index (χ1) is 6.92. The Balaban J connectivity index is 2.20. The van der Waals surface area contributed by atoms with Crippen molar-refractivity contribution < 1.29 is 4.74 Å². The number of nitrogens with zero attached hydrogens (tertiary/aromatic N) is 2. The second-order valence-electron chi connectivity index (χ2n) is 3.28. The molecule has 1 aromatic heterocycles. The van der Waals surface area contributed by atoms with E-state index in [1.807, 2.05) is 6.07 Å². The Morgan fingerprint density at radius 3 is 2.93 bits per heavy atom. The highest BCUT2D eigenvalue weighted by molar-refractivity contribution is 5.57. The van der Waals surface area contributed by atoms with Gasteiger partial charge in [-0.25, -0.2) is 0 Å². The largest absolute Gasteiger partial charge is 0.493 e. The number of anilines is 1. The zero-order valence-electron chi connectivity index (χ0n) is 8.36. The molecular formula is C10H15N3O. The molecule has 1 saturated heterocycles. The molecule has 0 amide bonds. The fraction of sp³-hybridized carbons (Fsp3) is 0.500. The number of rotatable bonds is 2. The number of ether oxygens (including phenoxy) is 1. The normalized spacial score (nSPS) is 16.8. The fourth-order valence-electron chi connectivity index (χ4n) is 1.70. The molecule has 0 radical (unpaired) electrons. The molecule has 4 nitrogen and oxygen atoms in total. The van der Waals surface area contributed by atoms with Crippen LogP contribution in [0.25, 0.3) is 0 Å². The van der Waals surface area contributed by atoms with Gasteiger partial charge in [0.1, 0.15) is 0 Å². The summed E-state index contributed by atoms with van der Waals surface area (Å²) in [6.45, 7) is 4.12. The van der Waals surface area contributed by atoms with Gasteiger partial charge in [-0.2, -0.15) is 0 Å². The lowest BCUT2D eigenvalue weighted by atomic mass is 10.3. The Morgan fingerprint density at radius 1 is 1.43 bits per heavy atom. The van der Waals surface area contributed by atoms with Crippen LogP contribution in [0.1, 0.15) is 0 Å². The first-order valence-electron chi connectivity index (χ1n) is 4.85. The van der Waals surface area contributed by atoms with Crippen molar-refractivity contribution in [2.45, 2.75) is 0 Å². The summed E-state index contributed by atoms with van der Waals surface area (Å²) >= 11 is 0. The molecule has 1 aromatic rings. The van der Waals surface area contributed by atoms with Gasteiger partial charge in [-0.1, -0.05) is 0 Å². The first kappa shape index (κ1) is 9.27. The van der Waals surface area contributed by atoms with Crippen molar-refractivity contribution in [3.05, 3.63) is 18.5 Å². The quantitative estimate of drug-likeness (QED) is 0.742. The molecule has 4 heteroatoms. The maximum atomic E-state index is 5.27. The molecule has 2 heterocycles. The molecule has 0 atom stereocenters. The van der Waals surface area contributed by atoms with Gasteiger partial charge in [-0.05, 0) is 6.07 Å². The van der Waals surface area contributed by atoms with Gasteiger partial charge in [0, 0.05) is 32.4 Å². The molecule has 1 fully saturated rings. The Kier molecular flexibility index (Phi) is 2.84. The highest BCUT2D eigenvalue weighted by atomic mass is 16.5. The standard InChI is InChI=1S/C10H15N3O/c1-14-10-8-12-3-2-9(10)13-6-4-11-5-7-13/h2-3,8,11H,4-7H2,1H3. The summed E-state index contributed by atoms with van der Waals surface area (Å²) in [5, 5.41) is 3.32. The zero-order chi connectivity index (χ0) is 9.80. The van der Waals surface area contributed by atoms with Crippen LogP contribution >= 0.6 is 0 Å². The highest BCUT2D eigenvalue weighted by Crippen LogP contribution is 2.26. The number of methoxy groups -OCH3 is 1. The monoisotopic (exact) mass is 193 g/mol. The summed E-state index contributed by atoms with van der Waals surface area (Å²) in [5.74, 6) is 0.856. The van der Waals surface area contributed by atoms with E-state index in [1.54, 1.807) is 19.5 Å². The van der Waals surface area contributed by atoms with Crippen molar-refractivity contribution in [1.29, 1.82) is 0 Å². The first-order valence-corrected chi connectivity index (χ1v) is 4.85. The molecule has 1 aliphatic heterocycles. The smallest absolute Gasteiger partial charge is 0.160 e. The van der Waals surface area contributed by atoms with Crippen LogP contribution in [0.3, 0.4) is 0 Å². The summed E-state index contributed by atoms with van der Waals surface area (Å²) in [6.07, 6.45) is 3.57.